The fraction of sp³-hybridized carbons (Fsp3) is 0.273. The van der Waals surface area contributed by atoms with Crippen molar-refractivity contribution in [3.63, 3.8) is 0 Å². The van der Waals surface area contributed by atoms with Crippen molar-refractivity contribution in [2.75, 3.05) is 6.54 Å². The number of nitrogens with one attached hydrogen (secondary N) is 1. The third kappa shape index (κ3) is 3.34. The Kier molecular flexibility index (Phi) is 4.49. The molecule has 1 amide bonds. The molecule has 0 radical (unpaired) electrons. The van der Waals surface area contributed by atoms with E-state index in [1.165, 1.54) is 12.1 Å². The summed E-state index contributed by atoms with van der Waals surface area (Å²) in [6, 6.07) is 4.41. The highest BCUT2D eigenvalue weighted by atomic mass is 79.9. The molecule has 1 aromatic carbocycles. The van der Waals surface area contributed by atoms with Crippen LogP contribution < -0.4 is 5.32 Å². The average molecular weight is 286 g/mol. The lowest BCUT2D eigenvalue weighted by molar-refractivity contribution is 0.0697. The molecule has 2 N–H and O–H groups in total. The topological polar surface area (TPSA) is 66.4 Å². The Morgan fingerprint density at radius 2 is 1.94 bits per heavy atom. The Morgan fingerprint density at radius 1 is 1.31 bits per heavy atom. The second-order valence-corrected chi connectivity index (χ2v) is 4.21. The zero-order valence-electron chi connectivity index (χ0n) is 8.79. The quantitative estimate of drug-likeness (QED) is 0.892. The van der Waals surface area contributed by atoms with Gasteiger partial charge in [0.2, 0.25) is 0 Å². The molecule has 0 aliphatic rings. The standard InChI is InChI=1S/C11H12BrNO3/c1-2-3-13-10(14)7-4-8(11(15)16)6-9(12)5-7/h4-6H,2-3H2,1H3,(H,13,14)(H,15,16). The molecule has 16 heavy (non-hydrogen) atoms. The Labute approximate surface area is 102 Å². The summed E-state index contributed by atoms with van der Waals surface area (Å²) in [5, 5.41) is 11.5. The third-order valence-corrected chi connectivity index (χ3v) is 2.40. The Bertz CT molecular complexity index is 418. The van der Waals surface area contributed by atoms with Crippen LogP contribution in [0.5, 0.6) is 0 Å². The van der Waals surface area contributed by atoms with Gasteiger partial charge in [0.15, 0.2) is 0 Å². The van der Waals surface area contributed by atoms with Crippen molar-refractivity contribution in [1.29, 1.82) is 0 Å². The lowest BCUT2D eigenvalue weighted by atomic mass is 10.1. The van der Waals surface area contributed by atoms with Crippen molar-refractivity contribution in [2.45, 2.75) is 13.3 Å². The molecule has 0 aliphatic carbocycles. The molecule has 0 atom stereocenters. The minimum absolute atomic E-state index is 0.0935. The Balaban J connectivity index is 2.95. The molecular formula is C11H12BrNO3. The molecule has 0 aromatic heterocycles. The number of carboxylic acid groups (broad SMARTS) is 1. The van der Waals surface area contributed by atoms with Crippen molar-refractivity contribution in [3.05, 3.63) is 33.8 Å². The number of aromatic carboxylic acids is 1. The number of hydrogen-bond acceptors (Lipinski definition) is 2. The molecule has 5 heteroatoms. The minimum atomic E-state index is -1.05. The first-order valence-electron chi connectivity index (χ1n) is 4.86. The number of hydrogen-bond donors (Lipinski definition) is 2. The maximum Gasteiger partial charge on any atom is 0.335 e. The second-order valence-electron chi connectivity index (χ2n) is 3.29. The summed E-state index contributed by atoms with van der Waals surface area (Å²) in [6.45, 7) is 2.53. The van der Waals surface area contributed by atoms with Gasteiger partial charge in [-0.3, -0.25) is 4.79 Å². The fourth-order valence-corrected chi connectivity index (χ4v) is 1.68. The highest BCUT2D eigenvalue weighted by molar-refractivity contribution is 9.10. The molecule has 0 aliphatic heterocycles. The van der Waals surface area contributed by atoms with Crippen LogP contribution in [-0.4, -0.2) is 23.5 Å². The number of carbonyl (C=O) groups is 2. The van der Waals surface area contributed by atoms with Crippen molar-refractivity contribution in [3.8, 4) is 0 Å². The fourth-order valence-electron chi connectivity index (χ4n) is 1.18. The summed E-state index contributed by atoms with van der Waals surface area (Å²) >= 11 is 3.17. The van der Waals surface area contributed by atoms with Crippen molar-refractivity contribution >= 4 is 27.8 Å². The smallest absolute Gasteiger partial charge is 0.335 e. The maximum absolute atomic E-state index is 11.6. The van der Waals surface area contributed by atoms with Gasteiger partial charge in [-0.15, -0.1) is 0 Å². The van der Waals surface area contributed by atoms with Crippen molar-refractivity contribution < 1.29 is 14.7 Å². The second kappa shape index (κ2) is 5.65. The first-order valence-corrected chi connectivity index (χ1v) is 5.66. The number of halogens is 1. The number of carboxylic acids is 1. The van der Waals surface area contributed by atoms with Gasteiger partial charge in [0.1, 0.15) is 0 Å². The van der Waals surface area contributed by atoms with Gasteiger partial charge in [0, 0.05) is 16.6 Å². The number of rotatable bonds is 4. The van der Waals surface area contributed by atoms with Gasteiger partial charge in [-0.2, -0.15) is 0 Å². The normalized spacial score (nSPS) is 9.88. The van der Waals surface area contributed by atoms with E-state index >= 15 is 0 Å². The van der Waals surface area contributed by atoms with E-state index in [0.717, 1.165) is 6.42 Å². The van der Waals surface area contributed by atoms with E-state index in [4.69, 9.17) is 5.11 Å². The van der Waals surface area contributed by atoms with Gasteiger partial charge in [-0.1, -0.05) is 22.9 Å². The van der Waals surface area contributed by atoms with Gasteiger partial charge in [-0.25, -0.2) is 4.79 Å². The van der Waals surface area contributed by atoms with Crippen LogP contribution in [0.4, 0.5) is 0 Å². The number of amides is 1. The summed E-state index contributed by atoms with van der Waals surface area (Å²) in [6.07, 6.45) is 0.839. The molecule has 0 saturated heterocycles. The molecule has 1 aromatic rings. The molecule has 0 heterocycles. The predicted molar refractivity (Wildman–Crippen MR) is 63.7 cm³/mol. The summed E-state index contributed by atoms with van der Waals surface area (Å²) in [5.74, 6) is -1.31. The Hall–Kier alpha value is -1.36. The molecule has 0 bridgehead atoms. The number of carbonyl (C=O) groups excluding carboxylic acids is 1. The molecule has 4 nitrogen and oxygen atoms in total. The van der Waals surface area contributed by atoms with Crippen molar-refractivity contribution in [1.82, 2.24) is 5.32 Å². The molecule has 1 rings (SSSR count). The number of benzene rings is 1. The molecule has 0 fully saturated rings. The summed E-state index contributed by atoms with van der Waals surface area (Å²) in [4.78, 5) is 22.4. The van der Waals surface area contributed by atoms with E-state index in [-0.39, 0.29) is 11.5 Å². The summed E-state index contributed by atoms with van der Waals surface area (Å²) < 4.78 is 0.578. The summed E-state index contributed by atoms with van der Waals surface area (Å²) in [7, 11) is 0. The van der Waals surface area contributed by atoms with Gasteiger partial charge in [0.25, 0.3) is 5.91 Å². The van der Waals surface area contributed by atoms with Crippen LogP contribution in [0.2, 0.25) is 0 Å². The average Bonchev–Trinajstić information content (AvgIpc) is 2.24. The van der Waals surface area contributed by atoms with E-state index in [1.54, 1.807) is 6.07 Å². The Morgan fingerprint density at radius 3 is 2.50 bits per heavy atom. The van der Waals surface area contributed by atoms with E-state index in [9.17, 15) is 9.59 Å². The zero-order valence-corrected chi connectivity index (χ0v) is 10.4. The SMILES string of the molecule is CCCNC(=O)c1cc(Br)cc(C(=O)O)c1. The maximum atomic E-state index is 11.6. The lowest BCUT2D eigenvalue weighted by Gasteiger charge is -2.05. The van der Waals surface area contributed by atoms with Gasteiger partial charge in [0.05, 0.1) is 5.56 Å². The van der Waals surface area contributed by atoms with Crippen LogP contribution in [0, 0.1) is 0 Å². The van der Waals surface area contributed by atoms with Crippen LogP contribution in [0.25, 0.3) is 0 Å². The van der Waals surface area contributed by atoms with E-state index in [0.29, 0.717) is 16.6 Å². The largest absolute Gasteiger partial charge is 0.478 e. The molecule has 0 spiro atoms. The summed E-state index contributed by atoms with van der Waals surface area (Å²) in [5.41, 5.74) is 0.441. The third-order valence-electron chi connectivity index (χ3n) is 1.94. The van der Waals surface area contributed by atoms with Gasteiger partial charge < -0.3 is 10.4 Å². The molecular weight excluding hydrogens is 274 g/mol. The van der Waals surface area contributed by atoms with E-state index < -0.39 is 5.97 Å². The first-order chi connectivity index (χ1) is 7.54. The predicted octanol–water partition coefficient (Wildman–Crippen LogP) is 2.29. The van der Waals surface area contributed by atoms with Crippen LogP contribution in [-0.2, 0) is 0 Å². The highest BCUT2D eigenvalue weighted by Crippen LogP contribution is 2.16. The molecule has 86 valence electrons. The monoisotopic (exact) mass is 285 g/mol. The minimum Gasteiger partial charge on any atom is -0.478 e. The van der Waals surface area contributed by atoms with Crippen LogP contribution in [0.3, 0.4) is 0 Å². The van der Waals surface area contributed by atoms with Crippen molar-refractivity contribution in [2.24, 2.45) is 0 Å². The van der Waals surface area contributed by atoms with Gasteiger partial charge in [-0.05, 0) is 24.6 Å². The van der Waals surface area contributed by atoms with Crippen LogP contribution >= 0.6 is 15.9 Å². The van der Waals surface area contributed by atoms with Gasteiger partial charge >= 0.3 is 5.97 Å². The molecule has 0 saturated carbocycles. The lowest BCUT2D eigenvalue weighted by Crippen LogP contribution is -2.24. The van der Waals surface area contributed by atoms with Crippen LogP contribution in [0.15, 0.2) is 22.7 Å². The van der Waals surface area contributed by atoms with Crippen LogP contribution in [0.1, 0.15) is 34.1 Å². The first kappa shape index (κ1) is 12.7. The molecule has 0 unspecified atom stereocenters. The highest BCUT2D eigenvalue weighted by Gasteiger charge is 2.10. The zero-order chi connectivity index (χ0) is 12.1. The van der Waals surface area contributed by atoms with E-state index in [1.807, 2.05) is 6.92 Å². The van der Waals surface area contributed by atoms with E-state index in [2.05, 4.69) is 21.2 Å².